The molecule has 3 aromatic rings. The molecule has 196 valence electrons. The third kappa shape index (κ3) is 6.62. The van der Waals surface area contributed by atoms with Crippen molar-refractivity contribution in [2.75, 3.05) is 17.7 Å². The summed E-state index contributed by atoms with van der Waals surface area (Å²) in [6.07, 6.45) is -1.86. The second-order valence-corrected chi connectivity index (χ2v) is 9.46. The number of aromatic nitrogens is 1. The summed E-state index contributed by atoms with van der Waals surface area (Å²) in [4.78, 5) is 28.2. The molecule has 0 bridgehead atoms. The van der Waals surface area contributed by atoms with Gasteiger partial charge in [0.25, 0.3) is 5.91 Å². The van der Waals surface area contributed by atoms with Crippen molar-refractivity contribution in [1.82, 2.24) is 10.3 Å². The van der Waals surface area contributed by atoms with Crippen molar-refractivity contribution < 1.29 is 27.5 Å². The Kier molecular flexibility index (Phi) is 7.77. The van der Waals surface area contributed by atoms with E-state index in [0.717, 1.165) is 25.3 Å². The summed E-state index contributed by atoms with van der Waals surface area (Å²) >= 11 is 6.10. The number of methoxy groups -OCH3 is 1. The maximum atomic E-state index is 13.5. The lowest BCUT2D eigenvalue weighted by Gasteiger charge is -2.31. The van der Waals surface area contributed by atoms with Crippen LogP contribution < -0.4 is 20.7 Å². The summed E-state index contributed by atoms with van der Waals surface area (Å²) in [5.74, 6) is -0.195. The predicted octanol–water partition coefficient (Wildman–Crippen LogP) is 6.03. The van der Waals surface area contributed by atoms with E-state index in [0.29, 0.717) is 39.5 Å². The van der Waals surface area contributed by atoms with Crippen LogP contribution in [0.5, 0.6) is 5.75 Å². The van der Waals surface area contributed by atoms with Gasteiger partial charge in [-0.1, -0.05) is 11.6 Å². The Balaban J connectivity index is 1.52. The third-order valence-corrected chi connectivity index (χ3v) is 6.39. The molecular weight excluding hydrogens is 509 g/mol. The maximum absolute atomic E-state index is 13.5. The van der Waals surface area contributed by atoms with E-state index in [1.807, 2.05) is 0 Å². The average molecular weight is 535 g/mol. The lowest BCUT2D eigenvalue weighted by atomic mass is 9.90. The number of hydrogen-bond acceptors (Lipinski definition) is 5. The molecule has 1 aromatic heterocycles. The molecule has 7 nitrogen and oxygen atoms in total. The molecule has 11 heteroatoms. The lowest BCUT2D eigenvalue weighted by molar-refractivity contribution is -0.140. The molecule has 37 heavy (non-hydrogen) atoms. The number of ether oxygens (including phenoxy) is 1. The van der Waals surface area contributed by atoms with Gasteiger partial charge in [-0.05, 0) is 62.1 Å². The number of nitrogens with zero attached hydrogens (tertiary/aromatic N) is 1. The van der Waals surface area contributed by atoms with Gasteiger partial charge in [0.1, 0.15) is 11.4 Å². The summed E-state index contributed by atoms with van der Waals surface area (Å²) in [5.41, 5.74) is 0.255. The number of alkyl halides is 3. The van der Waals surface area contributed by atoms with Crippen LogP contribution in [0.4, 0.5) is 24.5 Å². The molecule has 2 atom stereocenters. The topological polar surface area (TPSA) is 92.3 Å². The molecule has 1 aliphatic rings. The summed E-state index contributed by atoms with van der Waals surface area (Å²) in [7, 11) is 1.46. The van der Waals surface area contributed by atoms with Crippen molar-refractivity contribution in [2.24, 2.45) is 0 Å². The van der Waals surface area contributed by atoms with E-state index >= 15 is 0 Å². The van der Waals surface area contributed by atoms with Crippen LogP contribution in [-0.4, -0.2) is 36.0 Å². The SMILES string of the molecule is COc1cc(NC(C)=O)cc(C(=O)N[C@@H]2CCC[C@H](Nc3cc(C(F)(F)F)nc4ccc(Cl)cc34)C2)c1. The van der Waals surface area contributed by atoms with E-state index in [-0.39, 0.29) is 29.4 Å². The molecule has 0 aliphatic heterocycles. The number of halogens is 4. The predicted molar refractivity (Wildman–Crippen MR) is 136 cm³/mol. The number of pyridine rings is 1. The minimum absolute atomic E-state index is 0.176. The zero-order valence-electron chi connectivity index (χ0n) is 20.2. The van der Waals surface area contributed by atoms with Gasteiger partial charge >= 0.3 is 6.18 Å². The molecule has 4 rings (SSSR count). The van der Waals surface area contributed by atoms with Crippen molar-refractivity contribution >= 4 is 45.7 Å². The van der Waals surface area contributed by atoms with Gasteiger partial charge in [-0.15, -0.1) is 0 Å². The highest BCUT2D eigenvalue weighted by molar-refractivity contribution is 6.31. The van der Waals surface area contributed by atoms with Crippen molar-refractivity contribution in [1.29, 1.82) is 0 Å². The monoisotopic (exact) mass is 534 g/mol. The summed E-state index contributed by atoms with van der Waals surface area (Å²) in [5, 5.41) is 9.77. The van der Waals surface area contributed by atoms with Crippen molar-refractivity contribution in [3.05, 3.63) is 58.7 Å². The second kappa shape index (κ2) is 10.8. The molecule has 0 spiro atoms. The summed E-state index contributed by atoms with van der Waals surface area (Å²) in [6, 6.07) is 9.92. The van der Waals surface area contributed by atoms with E-state index in [1.165, 1.54) is 26.2 Å². The average Bonchev–Trinajstić information content (AvgIpc) is 2.83. The Morgan fingerprint density at radius 1 is 1.08 bits per heavy atom. The molecule has 3 N–H and O–H groups in total. The zero-order valence-corrected chi connectivity index (χ0v) is 21.0. The molecule has 0 radical (unpaired) electrons. The van der Waals surface area contributed by atoms with Crippen molar-refractivity contribution in [3.63, 3.8) is 0 Å². The Bertz CT molecular complexity index is 1330. The smallest absolute Gasteiger partial charge is 0.433 e. The van der Waals surface area contributed by atoms with Crippen LogP contribution in [0.2, 0.25) is 5.02 Å². The summed E-state index contributed by atoms with van der Waals surface area (Å²) in [6.45, 7) is 1.37. The first-order valence-corrected chi connectivity index (χ1v) is 12.1. The van der Waals surface area contributed by atoms with Crippen LogP contribution in [0.15, 0.2) is 42.5 Å². The van der Waals surface area contributed by atoms with Gasteiger partial charge < -0.3 is 20.7 Å². The van der Waals surface area contributed by atoms with Crippen molar-refractivity contribution in [3.8, 4) is 5.75 Å². The number of amides is 2. The normalized spacial score (nSPS) is 17.8. The molecule has 0 saturated heterocycles. The first-order chi connectivity index (χ1) is 17.5. The van der Waals surface area contributed by atoms with Gasteiger partial charge in [0.05, 0.1) is 12.6 Å². The van der Waals surface area contributed by atoms with Crippen LogP contribution in [0, 0.1) is 0 Å². The number of carbonyl (C=O) groups is 2. The van der Waals surface area contributed by atoms with Gasteiger partial charge in [-0.3, -0.25) is 9.59 Å². The second-order valence-electron chi connectivity index (χ2n) is 9.02. The van der Waals surface area contributed by atoms with E-state index in [2.05, 4.69) is 20.9 Å². The number of fused-ring (bicyclic) bond motifs is 1. The fourth-order valence-corrected chi connectivity index (χ4v) is 4.70. The molecule has 0 unspecified atom stereocenters. The first kappa shape index (κ1) is 26.5. The van der Waals surface area contributed by atoms with Crippen LogP contribution in [0.25, 0.3) is 10.9 Å². The largest absolute Gasteiger partial charge is 0.497 e. The standard InChI is InChI=1S/C26H26ClF3N4O3/c1-14(35)31-19-8-15(9-20(12-19)37-2)25(36)33-18-5-3-4-17(11-18)32-23-13-24(26(28,29)30)34-22-7-6-16(27)10-21(22)23/h6-10,12-13,17-18H,3-5,11H2,1-2H3,(H,31,35)(H,32,34)(H,33,36)/t17-,18+/m0/s1. The van der Waals surface area contributed by atoms with Crippen LogP contribution in [0.3, 0.4) is 0 Å². The third-order valence-electron chi connectivity index (χ3n) is 6.16. The van der Waals surface area contributed by atoms with Crippen LogP contribution >= 0.6 is 11.6 Å². The molecule has 1 saturated carbocycles. The van der Waals surface area contributed by atoms with E-state index < -0.39 is 11.9 Å². The minimum atomic E-state index is -4.60. The Morgan fingerprint density at radius 2 is 1.84 bits per heavy atom. The highest BCUT2D eigenvalue weighted by Crippen LogP contribution is 2.35. The Hall–Kier alpha value is -3.53. The van der Waals surface area contributed by atoms with Crippen molar-refractivity contribution in [2.45, 2.75) is 50.9 Å². The number of hydrogen-bond donors (Lipinski definition) is 3. The minimum Gasteiger partial charge on any atom is -0.497 e. The van der Waals surface area contributed by atoms with Gasteiger partial charge in [-0.2, -0.15) is 13.2 Å². The van der Waals surface area contributed by atoms with Gasteiger partial charge in [0.2, 0.25) is 5.91 Å². The van der Waals surface area contributed by atoms with Gasteiger partial charge in [0, 0.05) is 52.4 Å². The number of benzene rings is 2. The molecule has 2 aromatic carbocycles. The molecule has 2 amide bonds. The number of carbonyl (C=O) groups excluding carboxylic acids is 2. The quantitative estimate of drug-likeness (QED) is 0.359. The first-order valence-electron chi connectivity index (χ1n) is 11.7. The number of anilines is 2. The fraction of sp³-hybridized carbons (Fsp3) is 0.346. The Labute approximate surface area is 216 Å². The zero-order chi connectivity index (χ0) is 26.7. The Morgan fingerprint density at radius 3 is 2.54 bits per heavy atom. The maximum Gasteiger partial charge on any atom is 0.433 e. The van der Waals surface area contributed by atoms with Crippen LogP contribution in [-0.2, 0) is 11.0 Å². The molecule has 1 heterocycles. The number of rotatable bonds is 6. The highest BCUT2D eigenvalue weighted by atomic mass is 35.5. The van der Waals surface area contributed by atoms with E-state index in [4.69, 9.17) is 16.3 Å². The fourth-order valence-electron chi connectivity index (χ4n) is 4.53. The van der Waals surface area contributed by atoms with Gasteiger partial charge in [-0.25, -0.2) is 4.98 Å². The van der Waals surface area contributed by atoms with Crippen LogP contribution in [0.1, 0.15) is 48.7 Å². The summed E-state index contributed by atoms with van der Waals surface area (Å²) < 4.78 is 45.7. The van der Waals surface area contributed by atoms with Gasteiger partial charge in [0.15, 0.2) is 0 Å². The highest BCUT2D eigenvalue weighted by Gasteiger charge is 2.34. The van der Waals surface area contributed by atoms with E-state index in [9.17, 15) is 22.8 Å². The van der Waals surface area contributed by atoms with E-state index in [1.54, 1.807) is 24.3 Å². The molecular formula is C26H26ClF3N4O3. The number of nitrogens with one attached hydrogen (secondary N) is 3. The lowest BCUT2D eigenvalue weighted by Crippen LogP contribution is -2.41. The molecule has 1 fully saturated rings. The molecule has 1 aliphatic carbocycles.